The fourth-order valence-electron chi connectivity index (χ4n) is 7.82. The Balaban J connectivity index is 4.21. The first-order chi connectivity index (χ1) is 33.9. The molecule has 70 heavy (non-hydrogen) atoms. The van der Waals surface area contributed by atoms with E-state index in [2.05, 4.69) is 48.3 Å². The van der Waals surface area contributed by atoms with Crippen LogP contribution in [0.2, 0.25) is 0 Å². The SMILES string of the molecule is C=C(C)C(=O)OC[C@H](NC(=O)NCCCCCCCCCCCCNC(=O)N[C@@H](COC(=O)C(=C)C)C(=O)OCCCCCCCCCCCCCC)C(=O)OCCCCCCCCCCCCCC. The van der Waals surface area contributed by atoms with Gasteiger partial charge in [-0.1, -0.05) is 220 Å². The summed E-state index contributed by atoms with van der Waals surface area (Å²) >= 11 is 0. The standard InChI is InChI=1S/C56H102N4O10/c1-7-9-11-13-15-17-19-23-27-31-35-39-43-67-53(63)49(45-69-51(61)47(3)4)59-55(65)57-41-37-33-29-25-21-22-26-30-34-38-42-58-56(66)60-50(46-70-52(62)48(5)6)54(64)68-44-40-36-32-28-24-20-18-16-14-12-10-8-2/h49-50H,3,5,7-46H2,1-2,4,6H3,(H2,57,59,65)(H2,58,60,66)/t49-,50-/m0/s1. The van der Waals surface area contributed by atoms with Crippen LogP contribution in [-0.4, -0.2) is 87.5 Å². The van der Waals surface area contributed by atoms with Crippen molar-refractivity contribution in [1.29, 1.82) is 0 Å². The highest BCUT2D eigenvalue weighted by molar-refractivity contribution is 5.89. The molecule has 0 aliphatic heterocycles. The van der Waals surface area contributed by atoms with Crippen molar-refractivity contribution in [2.75, 3.05) is 39.5 Å². The highest BCUT2D eigenvalue weighted by Gasteiger charge is 2.26. The molecule has 0 saturated carbocycles. The molecule has 0 aliphatic carbocycles. The number of urea groups is 2. The zero-order chi connectivity index (χ0) is 51.7. The zero-order valence-electron chi connectivity index (χ0n) is 44.9. The fraction of sp³-hybridized carbons (Fsp3) is 0.821. The van der Waals surface area contributed by atoms with E-state index >= 15 is 0 Å². The van der Waals surface area contributed by atoms with Crippen molar-refractivity contribution in [2.45, 2.75) is 258 Å². The minimum absolute atomic E-state index is 0.204. The van der Waals surface area contributed by atoms with E-state index in [-0.39, 0.29) is 37.6 Å². The van der Waals surface area contributed by atoms with E-state index in [1.54, 1.807) is 0 Å². The van der Waals surface area contributed by atoms with E-state index in [1.165, 1.54) is 129 Å². The number of hydrogen-bond acceptors (Lipinski definition) is 10. The van der Waals surface area contributed by atoms with Gasteiger partial charge in [-0.15, -0.1) is 0 Å². The Morgan fingerprint density at radius 1 is 0.357 bits per heavy atom. The van der Waals surface area contributed by atoms with Crippen LogP contribution in [0.25, 0.3) is 0 Å². The first-order valence-corrected chi connectivity index (χ1v) is 28.0. The number of ether oxygens (including phenoxy) is 4. The Bertz CT molecular complexity index is 1290. The summed E-state index contributed by atoms with van der Waals surface area (Å²) in [4.78, 5) is 74.9. The van der Waals surface area contributed by atoms with Crippen molar-refractivity contribution >= 4 is 35.9 Å². The molecule has 0 fully saturated rings. The third-order valence-electron chi connectivity index (χ3n) is 12.3. The molecular formula is C56H102N4O10. The molecule has 0 bridgehead atoms. The quantitative estimate of drug-likeness (QED) is 0.0198. The molecule has 0 aromatic carbocycles. The summed E-state index contributed by atoms with van der Waals surface area (Å²) in [5.41, 5.74) is 0.407. The lowest BCUT2D eigenvalue weighted by Gasteiger charge is -2.18. The number of nitrogens with one attached hydrogen (secondary N) is 4. The van der Waals surface area contributed by atoms with Crippen molar-refractivity contribution in [3.63, 3.8) is 0 Å². The topological polar surface area (TPSA) is 187 Å². The van der Waals surface area contributed by atoms with Crippen LogP contribution in [0.3, 0.4) is 0 Å². The highest BCUT2D eigenvalue weighted by atomic mass is 16.6. The number of hydrogen-bond donors (Lipinski definition) is 4. The van der Waals surface area contributed by atoms with Crippen LogP contribution in [0.5, 0.6) is 0 Å². The maximum absolute atomic E-state index is 12.8. The monoisotopic (exact) mass is 991 g/mol. The number of amides is 4. The minimum Gasteiger partial charge on any atom is -0.464 e. The van der Waals surface area contributed by atoms with Crippen LogP contribution in [0.4, 0.5) is 9.59 Å². The third-order valence-corrected chi connectivity index (χ3v) is 12.3. The van der Waals surface area contributed by atoms with Gasteiger partial charge in [0, 0.05) is 24.2 Å². The number of carbonyl (C=O) groups is 6. The van der Waals surface area contributed by atoms with Crippen molar-refractivity contribution in [3.8, 4) is 0 Å². The summed E-state index contributed by atoms with van der Waals surface area (Å²) in [5.74, 6) is -2.52. The van der Waals surface area contributed by atoms with Crippen LogP contribution < -0.4 is 21.3 Å². The van der Waals surface area contributed by atoms with Gasteiger partial charge >= 0.3 is 35.9 Å². The average molecular weight is 991 g/mol. The maximum atomic E-state index is 12.8. The second-order valence-corrected chi connectivity index (χ2v) is 19.3. The van der Waals surface area contributed by atoms with E-state index in [9.17, 15) is 28.8 Å². The fourth-order valence-corrected chi connectivity index (χ4v) is 7.82. The van der Waals surface area contributed by atoms with E-state index in [1.807, 2.05) is 0 Å². The average Bonchev–Trinajstić information content (AvgIpc) is 3.34. The van der Waals surface area contributed by atoms with Crippen LogP contribution in [0, 0.1) is 0 Å². The normalized spacial score (nSPS) is 11.8. The van der Waals surface area contributed by atoms with Gasteiger partial charge in [-0.25, -0.2) is 28.8 Å². The van der Waals surface area contributed by atoms with Gasteiger partial charge < -0.3 is 40.2 Å². The second-order valence-electron chi connectivity index (χ2n) is 19.3. The van der Waals surface area contributed by atoms with Crippen molar-refractivity contribution in [3.05, 3.63) is 24.3 Å². The first kappa shape index (κ1) is 65.9. The molecule has 0 radical (unpaired) electrons. The molecule has 0 heterocycles. The Hall–Kier alpha value is -4.10. The highest BCUT2D eigenvalue weighted by Crippen LogP contribution is 2.14. The Morgan fingerprint density at radius 3 is 0.857 bits per heavy atom. The summed E-state index contributed by atoms with van der Waals surface area (Å²) in [5, 5.41) is 10.8. The largest absolute Gasteiger partial charge is 0.464 e. The third kappa shape index (κ3) is 42.8. The Morgan fingerprint density at radius 2 is 0.600 bits per heavy atom. The van der Waals surface area contributed by atoms with Crippen LogP contribution in [0.15, 0.2) is 24.3 Å². The zero-order valence-corrected chi connectivity index (χ0v) is 44.9. The Kier molecular flexibility index (Phi) is 45.7. The second kappa shape index (κ2) is 48.5. The predicted octanol–water partition coefficient (Wildman–Crippen LogP) is 13.0. The molecule has 0 unspecified atom stereocenters. The molecule has 0 saturated heterocycles. The van der Waals surface area contributed by atoms with Gasteiger partial charge in [-0.3, -0.25) is 0 Å². The van der Waals surface area contributed by atoms with Gasteiger partial charge in [0.05, 0.1) is 13.2 Å². The number of carbonyl (C=O) groups excluding carboxylic acids is 6. The molecule has 2 atom stereocenters. The lowest BCUT2D eigenvalue weighted by Crippen LogP contribution is -2.49. The molecule has 406 valence electrons. The molecule has 0 spiro atoms. The van der Waals surface area contributed by atoms with Crippen molar-refractivity contribution in [1.82, 2.24) is 21.3 Å². The maximum Gasteiger partial charge on any atom is 0.333 e. The number of unbranched alkanes of at least 4 members (excludes halogenated alkanes) is 31. The number of esters is 4. The van der Waals surface area contributed by atoms with E-state index in [4.69, 9.17) is 18.9 Å². The van der Waals surface area contributed by atoms with E-state index < -0.39 is 48.0 Å². The summed E-state index contributed by atoms with van der Waals surface area (Å²) in [6, 6.07) is -3.26. The lowest BCUT2D eigenvalue weighted by atomic mass is 10.1. The minimum atomic E-state index is -1.11. The van der Waals surface area contributed by atoms with Crippen molar-refractivity contribution < 1.29 is 47.7 Å². The molecule has 4 N–H and O–H groups in total. The van der Waals surface area contributed by atoms with E-state index in [0.29, 0.717) is 13.1 Å². The summed E-state index contributed by atoms with van der Waals surface area (Å²) in [7, 11) is 0. The van der Waals surface area contributed by atoms with Crippen LogP contribution in [-0.2, 0) is 38.1 Å². The Labute approximate surface area is 425 Å². The molecule has 0 aromatic heterocycles. The molecule has 0 rings (SSSR count). The summed E-state index contributed by atoms with van der Waals surface area (Å²) < 4.78 is 21.2. The predicted molar refractivity (Wildman–Crippen MR) is 282 cm³/mol. The van der Waals surface area contributed by atoms with E-state index in [0.717, 1.165) is 103 Å². The number of rotatable bonds is 49. The van der Waals surface area contributed by atoms with Gasteiger partial charge in [0.25, 0.3) is 0 Å². The smallest absolute Gasteiger partial charge is 0.333 e. The van der Waals surface area contributed by atoms with Crippen molar-refractivity contribution in [2.24, 2.45) is 0 Å². The first-order valence-electron chi connectivity index (χ1n) is 28.0. The summed E-state index contributed by atoms with van der Waals surface area (Å²) in [6.07, 6.45) is 38.9. The molecular weight excluding hydrogens is 889 g/mol. The van der Waals surface area contributed by atoms with Gasteiger partial charge in [0.15, 0.2) is 12.1 Å². The molecule has 4 amide bonds. The lowest BCUT2D eigenvalue weighted by molar-refractivity contribution is -0.152. The summed E-state index contributed by atoms with van der Waals surface area (Å²) in [6.45, 7) is 15.4. The van der Waals surface area contributed by atoms with Gasteiger partial charge in [-0.05, 0) is 39.5 Å². The van der Waals surface area contributed by atoms with Gasteiger partial charge in [0.1, 0.15) is 13.2 Å². The molecule has 14 heteroatoms. The van der Waals surface area contributed by atoms with Crippen LogP contribution in [0.1, 0.15) is 246 Å². The molecule has 0 aliphatic rings. The molecule has 0 aromatic rings. The van der Waals surface area contributed by atoms with Gasteiger partial charge in [-0.2, -0.15) is 0 Å². The van der Waals surface area contributed by atoms with Crippen LogP contribution >= 0.6 is 0 Å². The van der Waals surface area contributed by atoms with Gasteiger partial charge in [0.2, 0.25) is 0 Å². The molecule has 14 nitrogen and oxygen atoms in total.